The van der Waals surface area contributed by atoms with Crippen LogP contribution in [0, 0.1) is 6.92 Å². The van der Waals surface area contributed by atoms with Crippen molar-refractivity contribution in [3.05, 3.63) is 63.8 Å². The number of nitrogens with one attached hydrogen (secondary N) is 1. The highest BCUT2D eigenvalue weighted by atomic mass is 32.1. The molecular weight excluding hydrogens is 282 g/mol. The normalized spacial score (nSPS) is 10.7. The van der Waals surface area contributed by atoms with E-state index < -0.39 is 5.97 Å². The summed E-state index contributed by atoms with van der Waals surface area (Å²) in [5.41, 5.74) is 1.30. The van der Waals surface area contributed by atoms with Gasteiger partial charge >= 0.3 is 5.97 Å². The molecule has 3 rings (SSSR count). The minimum atomic E-state index is -0.897. The first-order chi connectivity index (χ1) is 10.1. The van der Waals surface area contributed by atoms with E-state index >= 15 is 0 Å². The van der Waals surface area contributed by atoms with E-state index in [1.165, 1.54) is 9.75 Å². The van der Waals surface area contributed by atoms with Gasteiger partial charge in [0.05, 0.1) is 5.56 Å². The van der Waals surface area contributed by atoms with Gasteiger partial charge in [-0.15, -0.1) is 11.3 Å². The van der Waals surface area contributed by atoms with E-state index in [9.17, 15) is 9.90 Å². The van der Waals surface area contributed by atoms with Gasteiger partial charge < -0.3 is 10.4 Å². The summed E-state index contributed by atoms with van der Waals surface area (Å²) >= 11 is 1.76. The van der Waals surface area contributed by atoms with E-state index in [1.54, 1.807) is 17.4 Å². The molecule has 0 aliphatic heterocycles. The Hall–Kier alpha value is -2.33. The summed E-state index contributed by atoms with van der Waals surface area (Å²) in [6.45, 7) is 2.83. The largest absolute Gasteiger partial charge is 0.478 e. The van der Waals surface area contributed by atoms with Crippen LogP contribution in [0.4, 0.5) is 5.69 Å². The Kier molecular flexibility index (Phi) is 3.62. The smallest absolute Gasteiger partial charge is 0.336 e. The number of aromatic carboxylic acids is 1. The summed E-state index contributed by atoms with van der Waals surface area (Å²) in [5, 5.41) is 14.4. The van der Waals surface area contributed by atoms with Crippen LogP contribution in [0.15, 0.2) is 48.5 Å². The Bertz CT molecular complexity index is 807. The van der Waals surface area contributed by atoms with E-state index in [4.69, 9.17) is 0 Å². The van der Waals surface area contributed by atoms with Crippen molar-refractivity contribution in [2.24, 2.45) is 0 Å². The molecule has 0 aliphatic rings. The maximum atomic E-state index is 11.3. The van der Waals surface area contributed by atoms with E-state index in [1.807, 2.05) is 30.3 Å². The number of rotatable bonds is 4. The molecule has 0 aliphatic carbocycles. The number of carbonyl (C=O) groups is 1. The van der Waals surface area contributed by atoms with Gasteiger partial charge in [0.25, 0.3) is 0 Å². The van der Waals surface area contributed by atoms with Gasteiger partial charge in [-0.1, -0.05) is 24.3 Å². The lowest BCUT2D eigenvalue weighted by molar-refractivity contribution is 0.0699. The lowest BCUT2D eigenvalue weighted by Gasteiger charge is -2.11. The van der Waals surface area contributed by atoms with Crippen molar-refractivity contribution < 1.29 is 9.90 Å². The summed E-state index contributed by atoms with van der Waals surface area (Å²) in [7, 11) is 0. The third-order valence-electron chi connectivity index (χ3n) is 3.40. The van der Waals surface area contributed by atoms with Crippen LogP contribution in [0.3, 0.4) is 0 Å². The lowest BCUT2D eigenvalue weighted by Crippen LogP contribution is -2.02. The fraction of sp³-hybridized carbons (Fsp3) is 0.118. The van der Waals surface area contributed by atoms with Crippen molar-refractivity contribution in [2.75, 3.05) is 5.32 Å². The molecule has 0 spiro atoms. The van der Waals surface area contributed by atoms with E-state index in [-0.39, 0.29) is 0 Å². The summed E-state index contributed by atoms with van der Waals surface area (Å²) in [6.07, 6.45) is 0. The van der Waals surface area contributed by atoms with E-state index in [0.29, 0.717) is 5.56 Å². The monoisotopic (exact) mass is 297 g/mol. The average Bonchev–Trinajstić information content (AvgIpc) is 2.90. The van der Waals surface area contributed by atoms with Crippen molar-refractivity contribution in [2.45, 2.75) is 13.5 Å². The quantitative estimate of drug-likeness (QED) is 0.744. The molecule has 106 valence electrons. The molecule has 1 aromatic heterocycles. The van der Waals surface area contributed by atoms with Gasteiger partial charge in [0.2, 0.25) is 0 Å². The predicted molar refractivity (Wildman–Crippen MR) is 87.3 cm³/mol. The molecule has 4 heteroatoms. The molecule has 2 aromatic carbocycles. The highest BCUT2D eigenvalue weighted by Gasteiger charge is 2.10. The van der Waals surface area contributed by atoms with Crippen LogP contribution < -0.4 is 5.32 Å². The minimum Gasteiger partial charge on any atom is -0.478 e. The van der Waals surface area contributed by atoms with Gasteiger partial charge in [0, 0.05) is 27.4 Å². The van der Waals surface area contributed by atoms with Crippen LogP contribution >= 0.6 is 11.3 Å². The summed E-state index contributed by atoms with van der Waals surface area (Å²) in [6, 6.07) is 15.3. The van der Waals surface area contributed by atoms with Crippen LogP contribution in [0.25, 0.3) is 10.8 Å². The van der Waals surface area contributed by atoms with Crippen LogP contribution in [-0.2, 0) is 6.54 Å². The zero-order chi connectivity index (χ0) is 14.8. The Morgan fingerprint density at radius 3 is 2.52 bits per heavy atom. The van der Waals surface area contributed by atoms with Crippen molar-refractivity contribution in [1.29, 1.82) is 0 Å². The van der Waals surface area contributed by atoms with Crippen LogP contribution in [0.2, 0.25) is 0 Å². The molecule has 0 saturated heterocycles. The molecule has 3 aromatic rings. The van der Waals surface area contributed by atoms with Crippen molar-refractivity contribution in [3.8, 4) is 0 Å². The number of carboxylic acid groups (broad SMARTS) is 1. The predicted octanol–water partition coefficient (Wildman–Crippen LogP) is 4.52. The standard InChI is InChI=1S/C17H15NO2S/c1-11-6-7-12(21-11)10-18-16-9-8-15(17(19)20)13-4-2-3-5-14(13)16/h2-9,18H,10H2,1H3,(H,19,20). The number of carboxylic acids is 1. The fourth-order valence-electron chi connectivity index (χ4n) is 2.40. The van der Waals surface area contributed by atoms with Crippen LogP contribution in [0.1, 0.15) is 20.1 Å². The molecule has 3 nitrogen and oxygen atoms in total. The Morgan fingerprint density at radius 2 is 1.86 bits per heavy atom. The number of hydrogen-bond donors (Lipinski definition) is 2. The fourth-order valence-corrected chi connectivity index (χ4v) is 3.23. The Labute approximate surface area is 126 Å². The molecule has 0 fully saturated rings. The molecule has 0 amide bonds. The highest BCUT2D eigenvalue weighted by Crippen LogP contribution is 2.27. The van der Waals surface area contributed by atoms with E-state index in [2.05, 4.69) is 24.4 Å². The summed E-state index contributed by atoms with van der Waals surface area (Å²) < 4.78 is 0. The third-order valence-corrected chi connectivity index (χ3v) is 4.40. The maximum absolute atomic E-state index is 11.3. The molecule has 2 N–H and O–H groups in total. The Balaban J connectivity index is 1.96. The van der Waals surface area contributed by atoms with Crippen LogP contribution in [-0.4, -0.2) is 11.1 Å². The number of aryl methyl sites for hydroxylation is 1. The molecule has 0 unspecified atom stereocenters. The highest BCUT2D eigenvalue weighted by molar-refractivity contribution is 7.11. The number of thiophene rings is 1. The van der Waals surface area contributed by atoms with Gasteiger partial charge in [0.1, 0.15) is 0 Å². The van der Waals surface area contributed by atoms with E-state index in [0.717, 1.165) is 23.0 Å². The average molecular weight is 297 g/mol. The zero-order valence-electron chi connectivity index (χ0n) is 11.6. The first-order valence-electron chi connectivity index (χ1n) is 6.69. The third kappa shape index (κ3) is 2.76. The SMILES string of the molecule is Cc1ccc(CNc2ccc(C(=O)O)c3ccccc23)s1. The second-order valence-corrected chi connectivity index (χ2v) is 6.25. The molecule has 21 heavy (non-hydrogen) atoms. The zero-order valence-corrected chi connectivity index (χ0v) is 12.4. The number of anilines is 1. The number of hydrogen-bond acceptors (Lipinski definition) is 3. The van der Waals surface area contributed by atoms with Crippen molar-refractivity contribution >= 4 is 33.8 Å². The second kappa shape index (κ2) is 5.58. The van der Waals surface area contributed by atoms with Crippen molar-refractivity contribution in [3.63, 3.8) is 0 Å². The number of fused-ring (bicyclic) bond motifs is 1. The van der Waals surface area contributed by atoms with Gasteiger partial charge in [-0.05, 0) is 36.6 Å². The van der Waals surface area contributed by atoms with Crippen LogP contribution in [0.5, 0.6) is 0 Å². The second-order valence-electron chi connectivity index (χ2n) is 4.88. The van der Waals surface area contributed by atoms with Gasteiger partial charge in [-0.3, -0.25) is 0 Å². The van der Waals surface area contributed by atoms with Gasteiger partial charge in [-0.2, -0.15) is 0 Å². The first-order valence-corrected chi connectivity index (χ1v) is 7.51. The number of benzene rings is 2. The summed E-state index contributed by atoms with van der Waals surface area (Å²) in [5.74, 6) is -0.897. The Morgan fingerprint density at radius 1 is 1.10 bits per heavy atom. The topological polar surface area (TPSA) is 49.3 Å². The first kappa shape index (κ1) is 13.6. The molecule has 0 bridgehead atoms. The molecule has 0 radical (unpaired) electrons. The van der Waals surface area contributed by atoms with Crippen molar-refractivity contribution in [1.82, 2.24) is 0 Å². The molecule has 1 heterocycles. The minimum absolute atomic E-state index is 0.336. The molecule has 0 saturated carbocycles. The van der Waals surface area contributed by atoms with Gasteiger partial charge in [-0.25, -0.2) is 4.79 Å². The summed E-state index contributed by atoms with van der Waals surface area (Å²) in [4.78, 5) is 13.8. The lowest BCUT2D eigenvalue weighted by atomic mass is 10.0. The molecular formula is C17H15NO2S. The molecule has 0 atom stereocenters. The van der Waals surface area contributed by atoms with Gasteiger partial charge in [0.15, 0.2) is 0 Å². The maximum Gasteiger partial charge on any atom is 0.336 e.